The van der Waals surface area contributed by atoms with Gasteiger partial charge in [0, 0.05) is 23.1 Å². The Morgan fingerprint density at radius 1 is 1.32 bits per heavy atom. The van der Waals surface area contributed by atoms with E-state index in [1.807, 2.05) is 43.3 Å². The second-order valence-corrected chi connectivity index (χ2v) is 5.34. The number of aromatic amines is 1. The van der Waals surface area contributed by atoms with Crippen molar-refractivity contribution in [2.75, 3.05) is 13.2 Å². The molecule has 5 nitrogen and oxygen atoms in total. The summed E-state index contributed by atoms with van der Waals surface area (Å²) in [7, 11) is 0. The fourth-order valence-electron chi connectivity index (χ4n) is 2.41. The number of nitrogens with one attached hydrogen (secondary N) is 2. The Morgan fingerprint density at radius 2 is 2.23 bits per heavy atom. The minimum atomic E-state index is -0.578. The van der Waals surface area contributed by atoms with Crippen LogP contribution in [0.25, 0.3) is 10.9 Å². The van der Waals surface area contributed by atoms with Crippen LogP contribution in [0.4, 0.5) is 0 Å². The summed E-state index contributed by atoms with van der Waals surface area (Å²) in [5, 5.41) is 14.2. The van der Waals surface area contributed by atoms with Crippen LogP contribution in [0.15, 0.2) is 47.1 Å². The van der Waals surface area contributed by atoms with Crippen LogP contribution in [-0.2, 0) is 6.54 Å². The van der Waals surface area contributed by atoms with Gasteiger partial charge < -0.3 is 24.6 Å². The normalized spacial score (nSPS) is 12.6. The third-order valence-corrected chi connectivity index (χ3v) is 3.45. The number of aromatic nitrogens is 1. The Hall–Kier alpha value is -2.24. The van der Waals surface area contributed by atoms with Crippen molar-refractivity contribution in [3.8, 4) is 5.75 Å². The molecule has 0 saturated carbocycles. The number of ether oxygens (including phenoxy) is 1. The maximum Gasteiger partial charge on any atom is 0.128 e. The highest BCUT2D eigenvalue weighted by Crippen LogP contribution is 2.26. The molecule has 2 heterocycles. The molecule has 22 heavy (non-hydrogen) atoms. The van der Waals surface area contributed by atoms with Crippen molar-refractivity contribution in [2.24, 2.45) is 0 Å². The smallest absolute Gasteiger partial charge is 0.128 e. The highest BCUT2D eigenvalue weighted by molar-refractivity contribution is 5.86. The number of aliphatic hydroxyl groups excluding tert-OH is 1. The van der Waals surface area contributed by atoms with Crippen molar-refractivity contribution < 1.29 is 14.3 Å². The minimum absolute atomic E-state index is 0.245. The van der Waals surface area contributed by atoms with Crippen LogP contribution >= 0.6 is 0 Å². The molecule has 3 rings (SSSR count). The van der Waals surface area contributed by atoms with Crippen LogP contribution in [0.3, 0.4) is 0 Å². The molecule has 0 amide bonds. The third-order valence-electron chi connectivity index (χ3n) is 3.45. The molecule has 0 aliphatic rings. The number of H-pyrrole nitrogens is 1. The molecule has 3 aromatic rings. The fourth-order valence-corrected chi connectivity index (χ4v) is 2.41. The van der Waals surface area contributed by atoms with Gasteiger partial charge in [-0.3, -0.25) is 0 Å². The Bertz CT molecular complexity index is 719. The van der Waals surface area contributed by atoms with Crippen LogP contribution in [-0.4, -0.2) is 29.3 Å². The SMILES string of the molecule is Cc1cc2c(OC[C@@H](O)CNCc3ccco3)cccc2[nH]1. The summed E-state index contributed by atoms with van der Waals surface area (Å²) in [6.45, 7) is 3.30. The molecule has 0 unspecified atom stereocenters. The van der Waals surface area contributed by atoms with Crippen molar-refractivity contribution in [1.29, 1.82) is 0 Å². The predicted molar refractivity (Wildman–Crippen MR) is 85.0 cm³/mol. The molecule has 3 N–H and O–H groups in total. The Morgan fingerprint density at radius 3 is 3.05 bits per heavy atom. The quantitative estimate of drug-likeness (QED) is 0.627. The highest BCUT2D eigenvalue weighted by Gasteiger charge is 2.09. The minimum Gasteiger partial charge on any atom is -0.490 e. The summed E-state index contributed by atoms with van der Waals surface area (Å²) in [4.78, 5) is 3.27. The lowest BCUT2D eigenvalue weighted by Gasteiger charge is -2.13. The monoisotopic (exact) mass is 300 g/mol. The molecule has 0 radical (unpaired) electrons. The zero-order chi connectivity index (χ0) is 15.4. The van der Waals surface area contributed by atoms with E-state index in [-0.39, 0.29) is 6.61 Å². The average Bonchev–Trinajstić information content (AvgIpc) is 3.13. The van der Waals surface area contributed by atoms with Crippen molar-refractivity contribution in [2.45, 2.75) is 19.6 Å². The number of rotatable bonds is 7. The van der Waals surface area contributed by atoms with E-state index in [0.717, 1.165) is 28.1 Å². The molecule has 1 atom stereocenters. The van der Waals surface area contributed by atoms with Crippen molar-refractivity contribution in [3.05, 3.63) is 54.1 Å². The molecular formula is C17H20N2O3. The van der Waals surface area contributed by atoms with Gasteiger partial charge in [0.2, 0.25) is 0 Å². The maximum absolute atomic E-state index is 9.99. The number of fused-ring (bicyclic) bond motifs is 1. The van der Waals surface area contributed by atoms with Gasteiger partial charge in [-0.25, -0.2) is 0 Å². The summed E-state index contributed by atoms with van der Waals surface area (Å²) in [6.07, 6.45) is 1.06. The molecule has 1 aromatic carbocycles. The lowest BCUT2D eigenvalue weighted by atomic mass is 10.2. The second-order valence-electron chi connectivity index (χ2n) is 5.34. The summed E-state index contributed by atoms with van der Waals surface area (Å²) < 4.78 is 11.0. The summed E-state index contributed by atoms with van der Waals surface area (Å²) in [5.41, 5.74) is 2.13. The van der Waals surface area contributed by atoms with Crippen molar-refractivity contribution in [1.82, 2.24) is 10.3 Å². The zero-order valence-electron chi connectivity index (χ0n) is 12.5. The molecule has 116 valence electrons. The van der Waals surface area contributed by atoms with E-state index in [2.05, 4.69) is 10.3 Å². The van der Waals surface area contributed by atoms with E-state index >= 15 is 0 Å². The molecule has 5 heteroatoms. The van der Waals surface area contributed by atoms with Crippen LogP contribution < -0.4 is 10.1 Å². The predicted octanol–water partition coefficient (Wildman–Crippen LogP) is 2.60. The lowest BCUT2D eigenvalue weighted by Crippen LogP contribution is -2.31. The number of aryl methyl sites for hydroxylation is 1. The van der Waals surface area contributed by atoms with Gasteiger partial charge >= 0.3 is 0 Å². The standard InChI is InChI=1S/C17H20N2O3/c1-12-8-15-16(19-12)5-2-6-17(15)22-11-13(20)9-18-10-14-4-3-7-21-14/h2-8,13,18-20H,9-11H2,1H3/t13-/m0/s1. The second kappa shape index (κ2) is 6.68. The van der Waals surface area contributed by atoms with E-state index in [4.69, 9.17) is 9.15 Å². The van der Waals surface area contributed by atoms with Crippen molar-refractivity contribution in [3.63, 3.8) is 0 Å². The van der Waals surface area contributed by atoms with Gasteiger partial charge in [0.1, 0.15) is 24.2 Å². The van der Waals surface area contributed by atoms with Gasteiger partial charge in [-0.1, -0.05) is 6.07 Å². The first kappa shape index (κ1) is 14.7. The van der Waals surface area contributed by atoms with Gasteiger partial charge in [-0.15, -0.1) is 0 Å². The van der Waals surface area contributed by atoms with Crippen LogP contribution in [0, 0.1) is 6.92 Å². The van der Waals surface area contributed by atoms with E-state index in [9.17, 15) is 5.11 Å². The third kappa shape index (κ3) is 3.50. The van der Waals surface area contributed by atoms with Gasteiger partial charge in [0.05, 0.1) is 12.8 Å². The number of benzene rings is 1. The largest absolute Gasteiger partial charge is 0.490 e. The molecular weight excluding hydrogens is 280 g/mol. The zero-order valence-corrected chi connectivity index (χ0v) is 12.5. The molecule has 0 saturated heterocycles. The maximum atomic E-state index is 9.99. The van der Waals surface area contributed by atoms with E-state index in [0.29, 0.717) is 13.1 Å². The number of hydrogen-bond acceptors (Lipinski definition) is 4. The molecule has 0 aliphatic carbocycles. The molecule has 2 aromatic heterocycles. The Balaban J connectivity index is 1.50. The van der Waals surface area contributed by atoms with Gasteiger partial charge in [0.25, 0.3) is 0 Å². The van der Waals surface area contributed by atoms with Crippen molar-refractivity contribution >= 4 is 10.9 Å². The van der Waals surface area contributed by atoms with Gasteiger partial charge in [-0.2, -0.15) is 0 Å². The Kier molecular flexibility index (Phi) is 4.46. The first-order valence-corrected chi connectivity index (χ1v) is 7.34. The van der Waals surface area contributed by atoms with Gasteiger partial charge in [-0.05, 0) is 37.3 Å². The number of aliphatic hydroxyl groups is 1. The van der Waals surface area contributed by atoms with Gasteiger partial charge in [0.15, 0.2) is 0 Å². The van der Waals surface area contributed by atoms with Crippen LogP contribution in [0.2, 0.25) is 0 Å². The fraction of sp³-hybridized carbons (Fsp3) is 0.294. The van der Waals surface area contributed by atoms with E-state index in [1.165, 1.54) is 0 Å². The molecule has 0 bridgehead atoms. The molecule has 0 fully saturated rings. The summed E-state index contributed by atoms with van der Waals surface area (Å²) in [6, 6.07) is 11.7. The lowest BCUT2D eigenvalue weighted by molar-refractivity contribution is 0.106. The summed E-state index contributed by atoms with van der Waals surface area (Å²) >= 11 is 0. The van der Waals surface area contributed by atoms with Crippen LogP contribution in [0.1, 0.15) is 11.5 Å². The van der Waals surface area contributed by atoms with E-state index < -0.39 is 6.10 Å². The molecule has 0 aliphatic heterocycles. The van der Waals surface area contributed by atoms with E-state index in [1.54, 1.807) is 6.26 Å². The first-order valence-electron chi connectivity index (χ1n) is 7.34. The highest BCUT2D eigenvalue weighted by atomic mass is 16.5. The summed E-state index contributed by atoms with van der Waals surface area (Å²) in [5.74, 6) is 1.63. The Labute approximate surface area is 128 Å². The first-order chi connectivity index (χ1) is 10.7. The molecule has 0 spiro atoms. The van der Waals surface area contributed by atoms with Crippen LogP contribution in [0.5, 0.6) is 5.75 Å². The number of hydrogen-bond donors (Lipinski definition) is 3. The average molecular weight is 300 g/mol. The topological polar surface area (TPSA) is 70.4 Å². The number of furan rings is 1.